The van der Waals surface area contributed by atoms with Crippen LogP contribution in [0.1, 0.15) is 24.1 Å². The Morgan fingerprint density at radius 2 is 2.17 bits per heavy atom. The highest BCUT2D eigenvalue weighted by molar-refractivity contribution is 5.82. The van der Waals surface area contributed by atoms with E-state index in [-0.39, 0.29) is 5.82 Å². The zero-order valence-corrected chi connectivity index (χ0v) is 12.9. The van der Waals surface area contributed by atoms with E-state index in [9.17, 15) is 13.2 Å². The van der Waals surface area contributed by atoms with Crippen LogP contribution in [0.5, 0.6) is 0 Å². The molecule has 0 bridgehead atoms. The smallest absolute Gasteiger partial charge is 0.374 e. The predicted octanol–water partition coefficient (Wildman–Crippen LogP) is 1.34. The van der Waals surface area contributed by atoms with Crippen molar-refractivity contribution in [3.8, 4) is 0 Å². The molecule has 1 aliphatic carbocycles. The number of nitrogens with one attached hydrogen (secondary N) is 2. The van der Waals surface area contributed by atoms with Crippen LogP contribution >= 0.6 is 0 Å². The third-order valence-electron chi connectivity index (χ3n) is 4.18. The highest BCUT2D eigenvalue weighted by atomic mass is 19.4. The molecule has 2 heterocycles. The van der Waals surface area contributed by atoms with Gasteiger partial charge in [-0.05, 0) is 25.7 Å². The topological polar surface area (TPSA) is 80.3 Å². The standard InChI is InChI=1S/C14H19F3N6/c1-8-10(6-21-23(8)7-9-3-4-9)14(18)20-5-11(13(15,16)17)12(19-2)22-14/h5-6,9,19,22H,3-4,7,18H2,1-2H3. The van der Waals surface area contributed by atoms with E-state index in [0.29, 0.717) is 11.5 Å². The molecule has 23 heavy (non-hydrogen) atoms. The van der Waals surface area contributed by atoms with Crippen LogP contribution < -0.4 is 16.4 Å². The van der Waals surface area contributed by atoms with Crippen molar-refractivity contribution in [2.45, 2.75) is 38.3 Å². The Morgan fingerprint density at radius 1 is 1.48 bits per heavy atom. The molecule has 0 saturated heterocycles. The van der Waals surface area contributed by atoms with E-state index in [0.717, 1.165) is 18.5 Å². The molecule has 0 aromatic carbocycles. The maximum Gasteiger partial charge on any atom is 0.421 e. The first kappa shape index (κ1) is 15.9. The van der Waals surface area contributed by atoms with Crippen LogP contribution in [-0.2, 0) is 12.3 Å². The lowest BCUT2D eigenvalue weighted by molar-refractivity contribution is -0.0875. The minimum absolute atomic E-state index is 0.204. The maximum atomic E-state index is 13.0. The number of nitrogens with zero attached hydrogens (tertiary/aromatic N) is 3. The fourth-order valence-corrected chi connectivity index (χ4v) is 2.62. The predicted molar refractivity (Wildman–Crippen MR) is 79.3 cm³/mol. The minimum Gasteiger partial charge on any atom is -0.374 e. The molecule has 1 aromatic rings. The first-order valence-electron chi connectivity index (χ1n) is 7.39. The summed E-state index contributed by atoms with van der Waals surface area (Å²) in [6.07, 6.45) is 0.177. The molecular formula is C14H19F3N6. The van der Waals surface area contributed by atoms with Crippen molar-refractivity contribution in [3.63, 3.8) is 0 Å². The second-order valence-electron chi connectivity index (χ2n) is 5.96. The van der Waals surface area contributed by atoms with Crippen molar-refractivity contribution in [3.05, 3.63) is 28.8 Å². The zero-order valence-electron chi connectivity index (χ0n) is 12.9. The zero-order chi connectivity index (χ0) is 16.8. The van der Waals surface area contributed by atoms with Crippen molar-refractivity contribution in [2.24, 2.45) is 16.6 Å². The molecule has 0 amide bonds. The van der Waals surface area contributed by atoms with Gasteiger partial charge in [0.1, 0.15) is 11.4 Å². The first-order chi connectivity index (χ1) is 10.7. The van der Waals surface area contributed by atoms with Crippen LogP contribution in [0.15, 0.2) is 22.6 Å². The summed E-state index contributed by atoms with van der Waals surface area (Å²) in [4.78, 5) is 3.92. The van der Waals surface area contributed by atoms with E-state index >= 15 is 0 Å². The van der Waals surface area contributed by atoms with E-state index in [2.05, 4.69) is 20.7 Å². The molecule has 1 fully saturated rings. The molecule has 126 valence electrons. The molecular weight excluding hydrogens is 309 g/mol. The third kappa shape index (κ3) is 2.92. The highest BCUT2D eigenvalue weighted by Gasteiger charge is 2.42. The van der Waals surface area contributed by atoms with Gasteiger partial charge in [0.05, 0.1) is 11.8 Å². The lowest BCUT2D eigenvalue weighted by Crippen LogP contribution is -2.54. The van der Waals surface area contributed by atoms with E-state index < -0.39 is 17.5 Å². The lowest BCUT2D eigenvalue weighted by Gasteiger charge is -2.33. The van der Waals surface area contributed by atoms with Gasteiger partial charge < -0.3 is 10.6 Å². The number of aromatic nitrogens is 2. The summed E-state index contributed by atoms with van der Waals surface area (Å²) in [7, 11) is 1.40. The average Bonchev–Trinajstić information content (AvgIpc) is 3.21. The largest absolute Gasteiger partial charge is 0.421 e. The molecule has 1 atom stereocenters. The molecule has 2 aliphatic rings. The van der Waals surface area contributed by atoms with Gasteiger partial charge >= 0.3 is 6.18 Å². The van der Waals surface area contributed by atoms with Crippen LogP contribution in [0.25, 0.3) is 0 Å². The molecule has 1 saturated carbocycles. The van der Waals surface area contributed by atoms with Crippen molar-refractivity contribution in [1.82, 2.24) is 20.4 Å². The van der Waals surface area contributed by atoms with Gasteiger partial charge in [0, 0.05) is 25.5 Å². The highest BCUT2D eigenvalue weighted by Crippen LogP contribution is 2.33. The molecule has 9 heteroatoms. The van der Waals surface area contributed by atoms with E-state index in [1.54, 1.807) is 6.20 Å². The molecule has 1 aromatic heterocycles. The fourth-order valence-electron chi connectivity index (χ4n) is 2.62. The number of allylic oxidation sites excluding steroid dienone is 1. The molecule has 1 aliphatic heterocycles. The Kier molecular flexibility index (Phi) is 3.62. The SMILES string of the molecule is CNC1=C(C(F)(F)F)C=NC(N)(c2cnn(CC3CC3)c2C)N1. The van der Waals surface area contributed by atoms with E-state index in [1.165, 1.54) is 19.9 Å². The lowest BCUT2D eigenvalue weighted by atomic mass is 10.1. The fraction of sp³-hybridized carbons (Fsp3) is 0.571. The van der Waals surface area contributed by atoms with E-state index in [4.69, 9.17) is 5.73 Å². The van der Waals surface area contributed by atoms with Crippen LogP contribution in [0.2, 0.25) is 0 Å². The number of hydrogen-bond donors (Lipinski definition) is 3. The summed E-state index contributed by atoms with van der Waals surface area (Å²) >= 11 is 0. The van der Waals surface area contributed by atoms with Gasteiger partial charge in [-0.25, -0.2) is 4.99 Å². The van der Waals surface area contributed by atoms with Gasteiger partial charge in [0.25, 0.3) is 0 Å². The molecule has 0 spiro atoms. The molecule has 4 N–H and O–H groups in total. The second-order valence-corrected chi connectivity index (χ2v) is 5.96. The Labute approximate surface area is 131 Å². The monoisotopic (exact) mass is 328 g/mol. The summed E-state index contributed by atoms with van der Waals surface area (Å²) in [5.41, 5.74) is 6.68. The number of hydrogen-bond acceptors (Lipinski definition) is 5. The number of alkyl halides is 3. The van der Waals surface area contributed by atoms with Gasteiger partial charge in [-0.15, -0.1) is 0 Å². The van der Waals surface area contributed by atoms with Crippen LogP contribution in [0, 0.1) is 12.8 Å². The van der Waals surface area contributed by atoms with Crippen molar-refractivity contribution in [2.75, 3.05) is 7.05 Å². The quantitative estimate of drug-likeness (QED) is 0.779. The van der Waals surface area contributed by atoms with Gasteiger partial charge in [-0.3, -0.25) is 10.4 Å². The number of halogens is 3. The third-order valence-corrected chi connectivity index (χ3v) is 4.18. The summed E-state index contributed by atoms with van der Waals surface area (Å²) in [5.74, 6) is -1.05. The van der Waals surface area contributed by atoms with Crippen LogP contribution in [-0.4, -0.2) is 29.2 Å². The Hall–Kier alpha value is -2.03. The van der Waals surface area contributed by atoms with Gasteiger partial charge in [-0.1, -0.05) is 0 Å². The number of nitrogens with two attached hydrogens (primary N) is 1. The van der Waals surface area contributed by atoms with E-state index in [1.807, 2.05) is 11.6 Å². The normalized spacial score (nSPS) is 24.8. The Bertz CT molecular complexity index is 671. The summed E-state index contributed by atoms with van der Waals surface area (Å²) in [5, 5.41) is 9.45. The summed E-state index contributed by atoms with van der Waals surface area (Å²) in [6, 6.07) is 0. The molecule has 3 rings (SSSR count). The summed E-state index contributed by atoms with van der Waals surface area (Å²) < 4.78 is 40.8. The minimum atomic E-state index is -4.51. The average molecular weight is 328 g/mol. The Balaban J connectivity index is 1.91. The second kappa shape index (κ2) is 5.26. The molecule has 1 unspecified atom stereocenters. The van der Waals surface area contributed by atoms with Crippen molar-refractivity contribution in [1.29, 1.82) is 0 Å². The number of rotatable bonds is 4. The van der Waals surface area contributed by atoms with Crippen molar-refractivity contribution < 1.29 is 13.2 Å². The van der Waals surface area contributed by atoms with Gasteiger partial charge in [0.15, 0.2) is 0 Å². The Morgan fingerprint density at radius 3 is 2.74 bits per heavy atom. The van der Waals surface area contributed by atoms with Crippen LogP contribution in [0.4, 0.5) is 13.2 Å². The van der Waals surface area contributed by atoms with Crippen LogP contribution in [0.3, 0.4) is 0 Å². The number of aliphatic imine (C=N–C) groups is 1. The molecule has 0 radical (unpaired) electrons. The van der Waals surface area contributed by atoms with Gasteiger partial charge in [-0.2, -0.15) is 18.3 Å². The van der Waals surface area contributed by atoms with Crippen molar-refractivity contribution >= 4 is 6.21 Å². The maximum absolute atomic E-state index is 13.0. The summed E-state index contributed by atoms with van der Waals surface area (Å²) in [6.45, 7) is 2.65. The molecule has 6 nitrogen and oxygen atoms in total. The first-order valence-corrected chi connectivity index (χ1v) is 7.39. The van der Waals surface area contributed by atoms with Gasteiger partial charge in [0.2, 0.25) is 5.79 Å².